The lowest BCUT2D eigenvalue weighted by Crippen LogP contribution is -2.14. The van der Waals surface area contributed by atoms with Crippen LogP contribution in [0.3, 0.4) is 0 Å². The Kier molecular flexibility index (Phi) is 5.01. The minimum absolute atomic E-state index is 0.0232. The topological polar surface area (TPSA) is 78.8 Å². The highest BCUT2D eigenvalue weighted by Gasteiger charge is 2.13. The normalized spacial score (nSPS) is 10.1. The maximum Gasteiger partial charge on any atom is 0.270 e. The molecule has 0 fully saturated rings. The van der Waals surface area contributed by atoms with Gasteiger partial charge < -0.3 is 9.72 Å². The van der Waals surface area contributed by atoms with Crippen molar-refractivity contribution in [3.63, 3.8) is 0 Å². The van der Waals surface area contributed by atoms with E-state index in [1.54, 1.807) is 12.1 Å². The van der Waals surface area contributed by atoms with E-state index in [0.717, 1.165) is 17.7 Å². The zero-order valence-corrected chi connectivity index (χ0v) is 12.7. The van der Waals surface area contributed by atoms with E-state index >= 15 is 0 Å². The molecule has 1 N–H and O–H groups in total. The third-order valence-corrected chi connectivity index (χ3v) is 3.38. The molecule has 0 radical (unpaired) electrons. The van der Waals surface area contributed by atoms with Gasteiger partial charge in [0, 0.05) is 5.56 Å². The molecule has 0 amide bonds. The zero-order valence-electron chi connectivity index (χ0n) is 11.8. The van der Waals surface area contributed by atoms with Crippen molar-refractivity contribution in [1.29, 1.82) is 5.26 Å². The number of aromatic nitrogens is 2. The van der Waals surface area contributed by atoms with Gasteiger partial charge in [0.15, 0.2) is 5.16 Å². The average molecular weight is 301 g/mol. The van der Waals surface area contributed by atoms with Crippen molar-refractivity contribution in [2.24, 2.45) is 0 Å². The molecule has 0 saturated heterocycles. The Morgan fingerprint density at radius 3 is 2.67 bits per heavy atom. The van der Waals surface area contributed by atoms with E-state index in [9.17, 15) is 4.79 Å². The molecule has 0 saturated carbocycles. The molecule has 0 aliphatic heterocycles. The van der Waals surface area contributed by atoms with Crippen molar-refractivity contribution in [3.8, 4) is 23.1 Å². The summed E-state index contributed by atoms with van der Waals surface area (Å²) in [4.78, 5) is 18.8. The molecular formula is C15H15N3O2S. The minimum atomic E-state index is -0.418. The molecule has 2 rings (SSSR count). The van der Waals surface area contributed by atoms with Crippen LogP contribution < -0.4 is 10.3 Å². The minimum Gasteiger partial charge on any atom is -0.494 e. The first kappa shape index (κ1) is 15.1. The van der Waals surface area contributed by atoms with Gasteiger partial charge in [-0.3, -0.25) is 4.79 Å². The molecule has 5 nitrogen and oxygen atoms in total. The molecule has 6 heteroatoms. The maximum atomic E-state index is 11.9. The van der Waals surface area contributed by atoms with E-state index < -0.39 is 5.56 Å². The van der Waals surface area contributed by atoms with Gasteiger partial charge >= 0.3 is 0 Å². The molecule has 0 bridgehead atoms. The summed E-state index contributed by atoms with van der Waals surface area (Å²) in [6.07, 6.45) is 2.75. The second-order valence-electron chi connectivity index (χ2n) is 4.28. The van der Waals surface area contributed by atoms with Crippen LogP contribution in [-0.4, -0.2) is 22.8 Å². The summed E-state index contributed by atoms with van der Waals surface area (Å²) < 4.78 is 5.51. The summed E-state index contributed by atoms with van der Waals surface area (Å²) in [6, 6.07) is 9.15. The lowest BCUT2D eigenvalue weighted by molar-refractivity contribution is 0.317. The number of hydrogen-bond acceptors (Lipinski definition) is 5. The van der Waals surface area contributed by atoms with Gasteiger partial charge in [-0.2, -0.15) is 5.26 Å². The molecule has 0 atom stereocenters. The third kappa shape index (κ3) is 3.44. The highest BCUT2D eigenvalue weighted by molar-refractivity contribution is 7.98. The van der Waals surface area contributed by atoms with Crippen LogP contribution in [0.15, 0.2) is 34.2 Å². The lowest BCUT2D eigenvalue weighted by atomic mass is 10.1. The van der Waals surface area contributed by atoms with Crippen LogP contribution in [0.1, 0.15) is 18.9 Å². The van der Waals surface area contributed by atoms with Crippen LogP contribution in [0.25, 0.3) is 11.3 Å². The quantitative estimate of drug-likeness (QED) is 0.678. The Balaban J connectivity index is 2.44. The average Bonchev–Trinajstić information content (AvgIpc) is 2.52. The summed E-state index contributed by atoms with van der Waals surface area (Å²) in [5, 5.41) is 9.64. The van der Waals surface area contributed by atoms with Gasteiger partial charge in [0.05, 0.1) is 12.3 Å². The fourth-order valence-electron chi connectivity index (χ4n) is 1.79. The molecule has 1 aromatic carbocycles. The Labute approximate surface area is 127 Å². The van der Waals surface area contributed by atoms with E-state index in [1.807, 2.05) is 31.4 Å². The van der Waals surface area contributed by atoms with E-state index in [-0.39, 0.29) is 5.56 Å². The fourth-order valence-corrected chi connectivity index (χ4v) is 2.17. The summed E-state index contributed by atoms with van der Waals surface area (Å²) in [7, 11) is 0. The van der Waals surface area contributed by atoms with Crippen molar-refractivity contribution in [2.45, 2.75) is 18.5 Å². The monoisotopic (exact) mass is 301 g/mol. The molecule has 0 unspecified atom stereocenters. The number of hydrogen-bond donors (Lipinski definition) is 1. The Hall–Kier alpha value is -2.26. The van der Waals surface area contributed by atoms with Crippen LogP contribution in [0.2, 0.25) is 0 Å². The molecule has 0 aliphatic rings. The van der Waals surface area contributed by atoms with Gasteiger partial charge in [-0.1, -0.05) is 18.7 Å². The predicted molar refractivity (Wildman–Crippen MR) is 82.6 cm³/mol. The summed E-state index contributed by atoms with van der Waals surface area (Å²) >= 11 is 1.32. The van der Waals surface area contributed by atoms with Gasteiger partial charge in [0.25, 0.3) is 5.56 Å². The molecule has 21 heavy (non-hydrogen) atoms. The second kappa shape index (κ2) is 6.95. The van der Waals surface area contributed by atoms with Crippen molar-refractivity contribution < 1.29 is 4.74 Å². The number of thioether (sulfide) groups is 1. The summed E-state index contributed by atoms with van der Waals surface area (Å²) in [5.41, 5.74) is 0.720. The van der Waals surface area contributed by atoms with Crippen molar-refractivity contribution >= 4 is 11.8 Å². The van der Waals surface area contributed by atoms with E-state index in [1.165, 1.54) is 11.8 Å². The molecule has 108 valence electrons. The number of nitrogens with one attached hydrogen (secondary N) is 1. The van der Waals surface area contributed by atoms with Gasteiger partial charge in [-0.05, 0) is 36.9 Å². The first-order chi connectivity index (χ1) is 10.2. The Morgan fingerprint density at radius 1 is 1.38 bits per heavy atom. The Morgan fingerprint density at radius 2 is 2.10 bits per heavy atom. The van der Waals surface area contributed by atoms with Gasteiger partial charge in [0.1, 0.15) is 17.4 Å². The van der Waals surface area contributed by atoms with Crippen molar-refractivity contribution in [3.05, 3.63) is 40.2 Å². The second-order valence-corrected chi connectivity index (χ2v) is 5.08. The largest absolute Gasteiger partial charge is 0.494 e. The number of nitriles is 1. The lowest BCUT2D eigenvalue weighted by Gasteiger charge is -2.07. The fraction of sp³-hybridized carbons (Fsp3) is 0.267. The van der Waals surface area contributed by atoms with E-state index in [0.29, 0.717) is 17.5 Å². The van der Waals surface area contributed by atoms with Crippen molar-refractivity contribution in [1.82, 2.24) is 9.97 Å². The SMILES string of the molecule is CCCOc1ccc(-c2nc(SC)[nH]c(=O)c2C#N)cc1. The van der Waals surface area contributed by atoms with Gasteiger partial charge in [-0.25, -0.2) is 4.98 Å². The summed E-state index contributed by atoms with van der Waals surface area (Å²) in [5.74, 6) is 0.758. The summed E-state index contributed by atoms with van der Waals surface area (Å²) in [6.45, 7) is 2.69. The standard InChI is InChI=1S/C15H15N3O2S/c1-3-8-20-11-6-4-10(5-7-11)13-12(9-16)14(19)18-15(17-13)21-2/h4-7H,3,8H2,1-2H3,(H,17,18,19). The van der Waals surface area contributed by atoms with Crippen LogP contribution in [0.4, 0.5) is 0 Å². The first-order valence-electron chi connectivity index (χ1n) is 6.51. The molecule has 0 aliphatic carbocycles. The molecule has 2 aromatic rings. The molecule has 1 aromatic heterocycles. The first-order valence-corrected chi connectivity index (χ1v) is 7.73. The van der Waals surface area contributed by atoms with E-state index in [2.05, 4.69) is 9.97 Å². The number of nitrogens with zero attached hydrogens (tertiary/aromatic N) is 2. The number of benzene rings is 1. The van der Waals surface area contributed by atoms with Crippen LogP contribution in [-0.2, 0) is 0 Å². The van der Waals surface area contributed by atoms with E-state index in [4.69, 9.17) is 10.00 Å². The highest BCUT2D eigenvalue weighted by Crippen LogP contribution is 2.23. The smallest absolute Gasteiger partial charge is 0.270 e. The number of aromatic amines is 1. The van der Waals surface area contributed by atoms with Crippen LogP contribution >= 0.6 is 11.8 Å². The number of ether oxygens (including phenoxy) is 1. The van der Waals surface area contributed by atoms with Crippen LogP contribution in [0, 0.1) is 11.3 Å². The number of rotatable bonds is 5. The highest BCUT2D eigenvalue weighted by atomic mass is 32.2. The van der Waals surface area contributed by atoms with Crippen LogP contribution in [0.5, 0.6) is 5.75 Å². The van der Waals surface area contributed by atoms with Crippen molar-refractivity contribution in [2.75, 3.05) is 12.9 Å². The van der Waals surface area contributed by atoms with Gasteiger partial charge in [0.2, 0.25) is 0 Å². The number of H-pyrrole nitrogens is 1. The Bertz CT molecular complexity index is 717. The zero-order chi connectivity index (χ0) is 15.2. The van der Waals surface area contributed by atoms with Gasteiger partial charge in [-0.15, -0.1) is 0 Å². The molecule has 1 heterocycles. The third-order valence-electron chi connectivity index (χ3n) is 2.80. The molecule has 0 spiro atoms. The maximum absolute atomic E-state index is 11.9. The molecular weight excluding hydrogens is 286 g/mol. The predicted octanol–water partition coefficient (Wildman–Crippen LogP) is 2.82.